The number of nitrogens with zero attached hydrogens (tertiary/aromatic N) is 1. The van der Waals surface area contributed by atoms with Crippen molar-refractivity contribution in [3.63, 3.8) is 0 Å². The number of amides is 1. The van der Waals surface area contributed by atoms with Crippen molar-refractivity contribution in [3.8, 4) is 11.5 Å². The molecule has 10 nitrogen and oxygen atoms in total. The zero-order valence-corrected chi connectivity index (χ0v) is 17.4. The quantitative estimate of drug-likeness (QED) is 0.347. The van der Waals surface area contributed by atoms with Crippen molar-refractivity contribution in [2.75, 3.05) is 14.1 Å². The summed E-state index contributed by atoms with van der Waals surface area (Å²) in [4.78, 5) is 39.9. The van der Waals surface area contributed by atoms with Gasteiger partial charge in [-0.15, -0.1) is 0 Å². The van der Waals surface area contributed by atoms with E-state index < -0.39 is 63.8 Å². The van der Waals surface area contributed by atoms with E-state index in [0.29, 0.717) is 10.9 Å². The van der Waals surface area contributed by atoms with Crippen molar-refractivity contribution in [1.29, 1.82) is 0 Å². The lowest BCUT2D eigenvalue weighted by atomic mass is 9.60. The third-order valence-corrected chi connectivity index (χ3v) is 6.54. The molecule has 2 aliphatic rings. The zero-order valence-electron chi connectivity index (χ0n) is 17.4. The second-order valence-corrected chi connectivity index (χ2v) is 8.39. The summed E-state index contributed by atoms with van der Waals surface area (Å²) in [6.45, 7) is 1.56. The van der Waals surface area contributed by atoms with Crippen molar-refractivity contribution in [2.24, 2.45) is 11.7 Å². The van der Waals surface area contributed by atoms with E-state index in [1.54, 1.807) is 13.0 Å². The molecule has 0 bridgehead atoms. The molecule has 168 valence electrons. The number of primary amides is 1. The Morgan fingerprint density at radius 2 is 1.78 bits per heavy atom. The first kappa shape index (κ1) is 21.8. The topological polar surface area (TPSA) is 182 Å². The molecule has 0 heterocycles. The summed E-state index contributed by atoms with van der Waals surface area (Å²) >= 11 is 0. The minimum Gasteiger partial charge on any atom is -0.508 e. The number of hydrogen-bond acceptors (Lipinski definition) is 9. The number of carbonyl (C=O) groups excluding carboxylic acids is 3. The Hall–Kier alpha value is -3.47. The molecule has 0 radical (unpaired) electrons. The van der Waals surface area contributed by atoms with Gasteiger partial charge in [0.25, 0.3) is 5.91 Å². The van der Waals surface area contributed by atoms with Gasteiger partial charge in [0, 0.05) is 0 Å². The highest BCUT2D eigenvalue weighted by Crippen LogP contribution is 2.54. The number of hydrogen-bond donors (Lipinski definition) is 6. The molecule has 2 aromatic carbocycles. The summed E-state index contributed by atoms with van der Waals surface area (Å²) in [5.41, 5.74) is 1.13. The van der Waals surface area contributed by atoms with E-state index in [1.807, 2.05) is 0 Å². The van der Waals surface area contributed by atoms with E-state index in [9.17, 15) is 39.9 Å². The monoisotopic (exact) mass is 442 g/mol. The van der Waals surface area contributed by atoms with Crippen molar-refractivity contribution in [3.05, 3.63) is 46.2 Å². The Kier molecular flexibility index (Phi) is 4.60. The number of likely N-dealkylation sites (N-methyl/N-ethyl adjacent to an activating group) is 1. The largest absolute Gasteiger partial charge is 0.508 e. The van der Waals surface area contributed by atoms with Crippen LogP contribution in [0.4, 0.5) is 0 Å². The normalized spacial score (nSPS) is 27.6. The van der Waals surface area contributed by atoms with Gasteiger partial charge in [-0.25, -0.2) is 0 Å². The van der Waals surface area contributed by atoms with Gasteiger partial charge in [0.05, 0.1) is 29.0 Å². The van der Waals surface area contributed by atoms with Crippen molar-refractivity contribution in [1.82, 2.24) is 4.90 Å². The van der Waals surface area contributed by atoms with E-state index >= 15 is 0 Å². The number of benzene rings is 2. The summed E-state index contributed by atoms with van der Waals surface area (Å²) in [5.74, 6) is -7.47. The van der Waals surface area contributed by atoms with Crippen LogP contribution in [0.15, 0.2) is 29.5 Å². The van der Waals surface area contributed by atoms with Crippen LogP contribution in [0.25, 0.3) is 10.8 Å². The molecule has 32 heavy (non-hydrogen) atoms. The summed E-state index contributed by atoms with van der Waals surface area (Å²) < 4.78 is 0. The molecule has 0 aliphatic heterocycles. The van der Waals surface area contributed by atoms with E-state index in [-0.39, 0.29) is 16.7 Å². The van der Waals surface area contributed by atoms with E-state index in [4.69, 9.17) is 5.73 Å². The maximum Gasteiger partial charge on any atom is 0.255 e. The Morgan fingerprint density at radius 3 is 2.34 bits per heavy atom. The molecule has 0 unspecified atom stereocenters. The third kappa shape index (κ3) is 2.42. The number of phenols is 2. The molecule has 0 aromatic heterocycles. The average molecular weight is 442 g/mol. The van der Waals surface area contributed by atoms with Crippen LogP contribution < -0.4 is 5.73 Å². The Morgan fingerprint density at radius 1 is 1.16 bits per heavy atom. The summed E-state index contributed by atoms with van der Waals surface area (Å²) in [6, 6.07) is 2.98. The lowest BCUT2D eigenvalue weighted by Crippen LogP contribution is -2.66. The molecule has 2 aliphatic carbocycles. The molecule has 4 atom stereocenters. The number of rotatable bonds is 2. The first-order valence-electron chi connectivity index (χ1n) is 9.73. The second kappa shape index (κ2) is 6.76. The SMILES string of the molecule is Cc1c2c(c(O)c3c(O)cccc13)C(=O)[C@]1(O)C(O)=C(C(N)=O)C(=O)[C@@H](N(C)C)[C@@H]1[C@H]2O. The third-order valence-electron chi connectivity index (χ3n) is 6.54. The molecular formula is C22H22N2O8. The van der Waals surface area contributed by atoms with Crippen molar-refractivity contribution in [2.45, 2.75) is 24.7 Å². The fourth-order valence-electron chi connectivity index (χ4n) is 5.11. The fraction of sp³-hybridized carbons (Fsp3) is 0.318. The van der Waals surface area contributed by atoms with Gasteiger partial charge in [0.1, 0.15) is 22.8 Å². The number of aryl methyl sites for hydroxylation is 1. The number of aliphatic hydroxyl groups excluding tert-OH is 2. The maximum atomic E-state index is 13.6. The van der Waals surface area contributed by atoms with Gasteiger partial charge in [-0.1, -0.05) is 12.1 Å². The number of aliphatic hydroxyl groups is 3. The first-order valence-corrected chi connectivity index (χ1v) is 9.73. The van der Waals surface area contributed by atoms with Crippen LogP contribution in [-0.4, -0.2) is 73.6 Å². The fourth-order valence-corrected chi connectivity index (χ4v) is 5.11. The smallest absolute Gasteiger partial charge is 0.255 e. The number of nitrogens with two attached hydrogens (primary N) is 1. The minimum atomic E-state index is -2.93. The van der Waals surface area contributed by atoms with Gasteiger partial charge in [-0.2, -0.15) is 0 Å². The molecule has 2 aromatic rings. The van der Waals surface area contributed by atoms with Gasteiger partial charge < -0.3 is 31.3 Å². The number of aromatic hydroxyl groups is 2. The second-order valence-electron chi connectivity index (χ2n) is 8.39. The van der Waals surface area contributed by atoms with Crippen LogP contribution in [0, 0.1) is 12.8 Å². The first-order chi connectivity index (χ1) is 14.9. The molecule has 1 amide bonds. The number of phenolic OH excluding ortho intramolecular Hbond substituents is 2. The summed E-state index contributed by atoms with van der Waals surface area (Å²) in [7, 11) is 2.89. The summed E-state index contributed by atoms with van der Waals surface area (Å²) in [6.07, 6.45) is -1.71. The molecule has 0 saturated carbocycles. The number of carbonyl (C=O) groups is 3. The average Bonchev–Trinajstić information content (AvgIpc) is 2.70. The maximum absolute atomic E-state index is 13.6. The van der Waals surface area contributed by atoms with Crippen molar-refractivity contribution < 1.29 is 39.9 Å². The molecular weight excluding hydrogens is 420 g/mol. The number of ketones is 2. The Labute approximate surface area is 181 Å². The lowest BCUT2D eigenvalue weighted by molar-refractivity contribution is -0.139. The molecule has 0 saturated heterocycles. The molecule has 0 spiro atoms. The van der Waals surface area contributed by atoms with Crippen LogP contribution in [0.3, 0.4) is 0 Å². The zero-order chi connectivity index (χ0) is 23.9. The van der Waals surface area contributed by atoms with Gasteiger partial charge >= 0.3 is 0 Å². The lowest BCUT2D eigenvalue weighted by Gasteiger charge is -2.49. The Bertz CT molecular complexity index is 1260. The van der Waals surface area contributed by atoms with Crippen LogP contribution in [0.1, 0.15) is 27.6 Å². The highest BCUT2D eigenvalue weighted by Gasteiger charge is 2.65. The van der Waals surface area contributed by atoms with Crippen LogP contribution in [0.2, 0.25) is 0 Å². The summed E-state index contributed by atoms with van der Waals surface area (Å²) in [5, 5.41) is 55.0. The molecule has 7 N–H and O–H groups in total. The van der Waals surface area contributed by atoms with Gasteiger partial charge in [-0.05, 0) is 43.6 Å². The van der Waals surface area contributed by atoms with Crippen LogP contribution in [-0.2, 0) is 9.59 Å². The van der Waals surface area contributed by atoms with Crippen molar-refractivity contribution >= 4 is 28.2 Å². The predicted octanol–water partition coefficient (Wildman–Crippen LogP) is -0.0533. The van der Waals surface area contributed by atoms with E-state index in [0.717, 1.165) is 0 Å². The van der Waals surface area contributed by atoms with Gasteiger partial charge in [0.15, 0.2) is 11.4 Å². The number of fused-ring (bicyclic) bond motifs is 3. The van der Waals surface area contributed by atoms with Gasteiger partial charge in [0.2, 0.25) is 5.78 Å². The highest BCUT2D eigenvalue weighted by atomic mass is 16.4. The molecule has 0 fully saturated rings. The van der Waals surface area contributed by atoms with E-state index in [2.05, 4.69) is 0 Å². The number of Topliss-reactive ketones (excluding diaryl/α,β-unsaturated/α-hetero) is 2. The Balaban J connectivity index is 2.17. The minimum absolute atomic E-state index is 0.0461. The van der Waals surface area contributed by atoms with Gasteiger partial charge in [-0.3, -0.25) is 19.3 Å². The van der Waals surface area contributed by atoms with Crippen LogP contribution in [0.5, 0.6) is 11.5 Å². The van der Waals surface area contributed by atoms with E-state index in [1.165, 1.54) is 31.1 Å². The standard InChI is InChI=1S/C22H22N2O8/c1-7-8-5-4-6-9(25)11(8)16(26)12-10(7)17(27)14-15(24(2)3)18(28)13(21(23)31)20(30)22(14,32)19(12)29/h4-6,14-15,17,25-27,30,32H,1-3H3,(H2,23,31)/t14-,15+,17+,22+/m1/s1. The highest BCUT2D eigenvalue weighted by molar-refractivity contribution is 6.25. The van der Waals surface area contributed by atoms with Crippen LogP contribution >= 0.6 is 0 Å². The molecule has 4 rings (SSSR count). The predicted molar refractivity (Wildman–Crippen MR) is 111 cm³/mol. The molecule has 10 heteroatoms.